The zero-order valence-electron chi connectivity index (χ0n) is 21.3. The van der Waals surface area contributed by atoms with Crippen molar-refractivity contribution in [3.63, 3.8) is 0 Å². The molecule has 0 bridgehead atoms. The predicted octanol–water partition coefficient (Wildman–Crippen LogP) is 4.59. The highest BCUT2D eigenvalue weighted by Crippen LogP contribution is 2.33. The van der Waals surface area contributed by atoms with Crippen molar-refractivity contribution in [2.24, 2.45) is 5.10 Å². The molecule has 37 heavy (non-hydrogen) atoms. The molecule has 1 saturated heterocycles. The summed E-state index contributed by atoms with van der Waals surface area (Å²) in [6.07, 6.45) is -2.85. The highest BCUT2D eigenvalue weighted by atomic mass is 19.4. The molecular formula is C26H31F4N5O2. The minimum atomic E-state index is -4.98. The van der Waals surface area contributed by atoms with Gasteiger partial charge in [0.25, 0.3) is 0 Å². The minimum Gasteiger partial charge on any atom is -0.406 e. The van der Waals surface area contributed by atoms with Gasteiger partial charge in [-0.2, -0.15) is 5.10 Å². The molecule has 200 valence electrons. The number of nitrogens with one attached hydrogen (secondary N) is 1. The zero-order valence-corrected chi connectivity index (χ0v) is 21.3. The van der Waals surface area contributed by atoms with Crippen molar-refractivity contribution in [3.8, 4) is 5.75 Å². The fourth-order valence-corrected chi connectivity index (χ4v) is 4.89. The maximum Gasteiger partial charge on any atom is 0.573 e. The Balaban J connectivity index is 1.75. The van der Waals surface area contributed by atoms with Crippen LogP contribution in [0.25, 0.3) is 0 Å². The smallest absolute Gasteiger partial charge is 0.406 e. The number of hydrogen-bond acceptors (Lipinski definition) is 5. The number of halogens is 4. The fraction of sp³-hybridized carbons (Fsp3) is 0.462. The average Bonchev–Trinajstić information content (AvgIpc) is 2.99. The second-order valence-corrected chi connectivity index (χ2v) is 9.57. The van der Waals surface area contributed by atoms with E-state index in [0.29, 0.717) is 17.7 Å². The van der Waals surface area contributed by atoms with Gasteiger partial charge in [0.05, 0.1) is 11.8 Å². The molecule has 2 heterocycles. The Morgan fingerprint density at radius 2 is 1.81 bits per heavy atom. The number of rotatable bonds is 4. The number of amides is 2. The van der Waals surface area contributed by atoms with Crippen LogP contribution in [0.15, 0.2) is 41.5 Å². The Kier molecular flexibility index (Phi) is 7.63. The summed E-state index contributed by atoms with van der Waals surface area (Å²) in [5.41, 5.74) is 2.01. The van der Waals surface area contributed by atoms with Crippen LogP contribution in [0.5, 0.6) is 5.75 Å². The van der Waals surface area contributed by atoms with Gasteiger partial charge in [-0.1, -0.05) is 12.1 Å². The number of hydrogen-bond donors (Lipinski definition) is 1. The molecule has 1 unspecified atom stereocenters. The molecular weight excluding hydrogens is 490 g/mol. The van der Waals surface area contributed by atoms with E-state index in [4.69, 9.17) is 0 Å². The van der Waals surface area contributed by atoms with Crippen LogP contribution in [0.2, 0.25) is 0 Å². The molecule has 2 aliphatic heterocycles. The van der Waals surface area contributed by atoms with E-state index in [1.165, 1.54) is 12.1 Å². The number of ether oxygens (including phenoxy) is 1. The van der Waals surface area contributed by atoms with E-state index >= 15 is 4.39 Å². The number of hydrazone groups is 1. The highest BCUT2D eigenvalue weighted by molar-refractivity contribution is 6.14. The number of urea groups is 1. The standard InChI is InChI=1S/C26H31F4N5O2/c1-16-13-21-22(14-20(15-23(21)27)37-26(28,29)30)24(32-35(16)25(36)31-2)17-5-7-18(8-6-17)34(4)19-9-11-33(3)12-10-19/h5-8,14-16,19H,9-13H2,1-4H3,(H,31,36). The van der Waals surface area contributed by atoms with E-state index in [0.717, 1.165) is 37.7 Å². The van der Waals surface area contributed by atoms with Gasteiger partial charge in [0.2, 0.25) is 0 Å². The molecule has 2 aromatic rings. The number of anilines is 1. The van der Waals surface area contributed by atoms with Crippen LogP contribution in [0, 0.1) is 5.82 Å². The number of likely N-dealkylation sites (tertiary alicyclic amines) is 1. The lowest BCUT2D eigenvalue weighted by Crippen LogP contribution is -2.42. The normalized spacial score (nSPS) is 19.1. The van der Waals surface area contributed by atoms with Crippen LogP contribution in [0.3, 0.4) is 0 Å². The third-order valence-electron chi connectivity index (χ3n) is 6.99. The number of carbonyl (C=O) groups excluding carboxylic acids is 1. The van der Waals surface area contributed by atoms with E-state index in [1.807, 2.05) is 19.2 Å². The van der Waals surface area contributed by atoms with Crippen molar-refractivity contribution in [2.45, 2.75) is 44.6 Å². The molecule has 11 heteroatoms. The molecule has 1 N–H and O–H groups in total. The van der Waals surface area contributed by atoms with Crippen LogP contribution < -0.4 is 15.0 Å². The Hall–Kier alpha value is -3.34. The van der Waals surface area contributed by atoms with Crippen LogP contribution in [0.1, 0.15) is 36.5 Å². The third-order valence-corrected chi connectivity index (χ3v) is 6.99. The minimum absolute atomic E-state index is 0.0603. The average molecular weight is 522 g/mol. The topological polar surface area (TPSA) is 60.4 Å². The van der Waals surface area contributed by atoms with Crippen molar-refractivity contribution >= 4 is 17.4 Å². The number of nitrogens with zero attached hydrogens (tertiary/aromatic N) is 4. The first-order valence-electron chi connectivity index (χ1n) is 12.2. The summed E-state index contributed by atoms with van der Waals surface area (Å²) >= 11 is 0. The van der Waals surface area contributed by atoms with Gasteiger partial charge < -0.3 is 19.9 Å². The molecule has 2 aromatic carbocycles. The maximum absolute atomic E-state index is 15.1. The Labute approximate surface area is 213 Å². The molecule has 1 fully saturated rings. The summed E-state index contributed by atoms with van der Waals surface area (Å²) in [6, 6.07) is 8.56. The Morgan fingerprint density at radius 1 is 1.16 bits per heavy atom. The van der Waals surface area contributed by atoms with Gasteiger partial charge in [-0.25, -0.2) is 14.2 Å². The summed E-state index contributed by atoms with van der Waals surface area (Å²) in [4.78, 5) is 17.1. The van der Waals surface area contributed by atoms with Gasteiger partial charge in [0, 0.05) is 43.0 Å². The van der Waals surface area contributed by atoms with Crippen molar-refractivity contribution in [3.05, 3.63) is 58.9 Å². The number of fused-ring (bicyclic) bond motifs is 1. The molecule has 0 spiro atoms. The van der Waals surface area contributed by atoms with Crippen LogP contribution in [0.4, 0.5) is 28.0 Å². The summed E-state index contributed by atoms with van der Waals surface area (Å²) in [5, 5.41) is 8.21. The SMILES string of the molecule is CNC(=O)N1N=C(c2ccc(N(C)C3CCN(C)CC3)cc2)c2cc(OC(F)(F)F)cc(F)c2CC1C. The summed E-state index contributed by atoms with van der Waals surface area (Å²) in [6.45, 7) is 3.73. The molecule has 7 nitrogen and oxygen atoms in total. The predicted molar refractivity (Wildman–Crippen MR) is 134 cm³/mol. The lowest BCUT2D eigenvalue weighted by atomic mass is 9.93. The molecule has 0 radical (unpaired) electrons. The van der Waals surface area contributed by atoms with Crippen molar-refractivity contribution < 1.29 is 27.1 Å². The maximum atomic E-state index is 15.1. The fourth-order valence-electron chi connectivity index (χ4n) is 4.89. The number of benzene rings is 2. The third kappa shape index (κ3) is 5.98. The first-order chi connectivity index (χ1) is 17.5. The van der Waals surface area contributed by atoms with Crippen LogP contribution >= 0.6 is 0 Å². The van der Waals surface area contributed by atoms with Gasteiger partial charge in [-0.05, 0) is 70.1 Å². The largest absolute Gasteiger partial charge is 0.573 e. The van der Waals surface area contributed by atoms with E-state index in [9.17, 15) is 18.0 Å². The molecule has 2 amide bonds. The van der Waals surface area contributed by atoms with Gasteiger partial charge in [-0.15, -0.1) is 13.2 Å². The number of piperidine rings is 1. The number of carbonyl (C=O) groups is 1. The van der Waals surface area contributed by atoms with E-state index in [-0.39, 0.29) is 23.3 Å². The lowest BCUT2D eigenvalue weighted by Gasteiger charge is -2.36. The van der Waals surface area contributed by atoms with Crippen LogP contribution in [-0.4, -0.2) is 74.3 Å². The molecule has 0 aromatic heterocycles. The monoisotopic (exact) mass is 521 g/mol. The second kappa shape index (κ2) is 10.6. The second-order valence-electron chi connectivity index (χ2n) is 9.57. The lowest BCUT2D eigenvalue weighted by molar-refractivity contribution is -0.274. The summed E-state index contributed by atoms with van der Waals surface area (Å²) in [7, 11) is 5.59. The Morgan fingerprint density at radius 3 is 2.41 bits per heavy atom. The van der Waals surface area contributed by atoms with Crippen molar-refractivity contribution in [2.75, 3.05) is 39.1 Å². The van der Waals surface area contributed by atoms with E-state index < -0.39 is 30.0 Å². The van der Waals surface area contributed by atoms with Gasteiger partial charge in [0.1, 0.15) is 11.6 Å². The zero-order chi connectivity index (χ0) is 26.9. The van der Waals surface area contributed by atoms with Crippen LogP contribution in [-0.2, 0) is 6.42 Å². The molecule has 0 saturated carbocycles. The summed E-state index contributed by atoms with van der Waals surface area (Å²) < 4.78 is 58.0. The van der Waals surface area contributed by atoms with E-state index in [1.54, 1.807) is 19.1 Å². The summed E-state index contributed by atoms with van der Waals surface area (Å²) in [5.74, 6) is -1.54. The van der Waals surface area contributed by atoms with Gasteiger partial charge in [-0.3, -0.25) is 0 Å². The van der Waals surface area contributed by atoms with Gasteiger partial charge >= 0.3 is 12.4 Å². The number of alkyl halides is 3. The molecule has 2 aliphatic rings. The molecule has 1 atom stereocenters. The van der Waals surface area contributed by atoms with Crippen molar-refractivity contribution in [1.29, 1.82) is 0 Å². The highest BCUT2D eigenvalue weighted by Gasteiger charge is 2.34. The van der Waals surface area contributed by atoms with Gasteiger partial charge in [0.15, 0.2) is 0 Å². The quantitative estimate of drug-likeness (QED) is 0.598. The first-order valence-corrected chi connectivity index (χ1v) is 12.2. The molecule has 0 aliphatic carbocycles. The molecule has 4 rings (SSSR count). The van der Waals surface area contributed by atoms with Crippen molar-refractivity contribution in [1.82, 2.24) is 15.2 Å². The van der Waals surface area contributed by atoms with E-state index in [2.05, 4.69) is 32.0 Å². The first kappa shape index (κ1) is 26.7. The Bertz CT molecular complexity index is 1160.